The van der Waals surface area contributed by atoms with E-state index in [0.717, 1.165) is 0 Å². The molecule has 0 aromatic carbocycles. The van der Waals surface area contributed by atoms with Crippen LogP contribution in [0, 0.1) is 6.29 Å². The van der Waals surface area contributed by atoms with Gasteiger partial charge in [-0.1, -0.05) is 6.29 Å². The van der Waals surface area contributed by atoms with Gasteiger partial charge in [-0.15, -0.1) is 0 Å². The molecular weight excluding hydrogens is 248 g/mol. The van der Waals surface area contributed by atoms with Crippen molar-refractivity contribution in [2.75, 3.05) is 6.61 Å². The maximum atomic E-state index is 9.11. The summed E-state index contributed by atoms with van der Waals surface area (Å²) in [6.07, 6.45) is -6.44. The molecule has 1 aliphatic rings. The van der Waals surface area contributed by atoms with Crippen molar-refractivity contribution < 1.29 is 52.8 Å². The van der Waals surface area contributed by atoms with E-state index < -0.39 is 37.3 Å². The first-order chi connectivity index (χ1) is 5.57. The van der Waals surface area contributed by atoms with Crippen LogP contribution >= 0.6 is 0 Å². The summed E-state index contributed by atoms with van der Waals surface area (Å²) >= 11 is 0. The molecule has 4 atom stereocenters. The Balaban J connectivity index is 0. The van der Waals surface area contributed by atoms with E-state index in [9.17, 15) is 0 Å². The minimum Gasteiger partial charge on any atom is -0.533 e. The van der Waals surface area contributed by atoms with Crippen LogP contribution in [0.2, 0.25) is 0 Å². The van der Waals surface area contributed by atoms with Crippen molar-refractivity contribution in [3.63, 3.8) is 0 Å². The molecule has 0 spiro atoms. The van der Waals surface area contributed by atoms with Crippen LogP contribution < -0.4 is 0 Å². The standard InChI is InChI=1S/C6H11O6.Cu.H2O/c7-1-2-3(8)4(9)5(10)6(11)12-2;;/h2-5,7-11H,1H2;;1H2/q-1;+1;/t2-,3-,4+,5-;;/m1../s1. The van der Waals surface area contributed by atoms with Gasteiger partial charge in [0.2, 0.25) is 0 Å². The van der Waals surface area contributed by atoms with E-state index >= 15 is 0 Å². The first-order valence-electron chi connectivity index (χ1n) is 3.45. The first kappa shape index (κ1) is 16.7. The van der Waals surface area contributed by atoms with Gasteiger partial charge in [0, 0.05) is 6.10 Å². The fourth-order valence-corrected chi connectivity index (χ4v) is 0.993. The monoisotopic (exact) mass is 260 g/mol. The molecule has 7 nitrogen and oxygen atoms in total. The van der Waals surface area contributed by atoms with Crippen LogP contribution in [-0.4, -0.2) is 62.0 Å². The zero-order chi connectivity index (χ0) is 9.30. The number of rotatable bonds is 1. The molecule has 0 aromatic rings. The van der Waals surface area contributed by atoms with Crippen LogP contribution in [0.3, 0.4) is 0 Å². The van der Waals surface area contributed by atoms with E-state index in [1.54, 1.807) is 0 Å². The molecule has 1 fully saturated rings. The predicted octanol–water partition coefficient (Wildman–Crippen LogP) is -3.51. The number of aliphatic hydroxyl groups excluding tert-OH is 5. The molecule has 0 aliphatic carbocycles. The Bertz CT molecular complexity index is 152. The van der Waals surface area contributed by atoms with E-state index in [4.69, 9.17) is 25.5 Å². The zero-order valence-electron chi connectivity index (χ0n) is 6.96. The molecular formula is C6H13CuO7. The summed E-state index contributed by atoms with van der Waals surface area (Å²) in [5.74, 6) is 0. The molecule has 7 N–H and O–H groups in total. The third-order valence-corrected chi connectivity index (χ3v) is 1.76. The topological polar surface area (TPSA) is 142 Å². The second-order valence-electron chi connectivity index (χ2n) is 2.60. The van der Waals surface area contributed by atoms with Gasteiger partial charge in [0.25, 0.3) is 0 Å². The van der Waals surface area contributed by atoms with Crippen LogP contribution in [0.15, 0.2) is 0 Å². The first-order valence-corrected chi connectivity index (χ1v) is 3.45. The SMILES string of the molecule is O.OC[C@H]1O[C-](O)[C@H](O)[C@@H](O)[C@@H]1O.[Cu+]. The quantitative estimate of drug-likeness (QED) is 0.245. The summed E-state index contributed by atoms with van der Waals surface area (Å²) in [4.78, 5) is 0. The Morgan fingerprint density at radius 2 is 1.64 bits per heavy atom. The van der Waals surface area contributed by atoms with E-state index in [-0.39, 0.29) is 22.5 Å². The molecule has 14 heavy (non-hydrogen) atoms. The predicted molar refractivity (Wildman–Crippen MR) is 38.8 cm³/mol. The minimum atomic E-state index is -1.62. The molecule has 1 heterocycles. The van der Waals surface area contributed by atoms with E-state index in [1.165, 1.54) is 0 Å². The van der Waals surface area contributed by atoms with Crippen molar-refractivity contribution in [1.82, 2.24) is 0 Å². The van der Waals surface area contributed by atoms with Crippen molar-refractivity contribution in [2.24, 2.45) is 0 Å². The molecule has 90 valence electrons. The second kappa shape index (κ2) is 6.67. The Kier molecular flexibility index (Phi) is 7.94. The van der Waals surface area contributed by atoms with Crippen molar-refractivity contribution in [2.45, 2.75) is 24.4 Å². The molecule has 1 aliphatic heterocycles. The van der Waals surface area contributed by atoms with Gasteiger partial charge in [0.15, 0.2) is 0 Å². The molecule has 1 saturated heterocycles. The third kappa shape index (κ3) is 3.13. The van der Waals surface area contributed by atoms with Gasteiger partial charge in [-0.2, -0.15) is 0 Å². The minimum absolute atomic E-state index is 0. The average Bonchev–Trinajstić information content (AvgIpc) is 2.08. The maximum absolute atomic E-state index is 9.11. The van der Waals surface area contributed by atoms with Crippen molar-refractivity contribution in [1.29, 1.82) is 0 Å². The van der Waals surface area contributed by atoms with E-state index in [0.29, 0.717) is 0 Å². The molecule has 0 unspecified atom stereocenters. The van der Waals surface area contributed by atoms with Gasteiger partial charge < -0.3 is 35.7 Å². The average molecular weight is 261 g/mol. The van der Waals surface area contributed by atoms with Gasteiger partial charge in [-0.3, -0.25) is 0 Å². The molecule has 1 rings (SSSR count). The van der Waals surface area contributed by atoms with Gasteiger partial charge in [-0.25, -0.2) is 0 Å². The molecule has 0 aromatic heterocycles. The maximum Gasteiger partial charge on any atom is 1.00 e. The second-order valence-corrected chi connectivity index (χ2v) is 2.60. The van der Waals surface area contributed by atoms with Crippen LogP contribution in [0.1, 0.15) is 0 Å². The molecule has 0 amide bonds. The number of hydrogen-bond donors (Lipinski definition) is 5. The summed E-state index contributed by atoms with van der Waals surface area (Å²) in [5, 5.41) is 44.5. The Morgan fingerprint density at radius 1 is 1.14 bits per heavy atom. The number of ether oxygens (including phenoxy) is 1. The molecule has 0 radical (unpaired) electrons. The normalized spacial score (nSPS) is 38.4. The summed E-state index contributed by atoms with van der Waals surface area (Å²) in [5.41, 5.74) is 0. The summed E-state index contributed by atoms with van der Waals surface area (Å²) in [6.45, 7) is -0.547. The summed E-state index contributed by atoms with van der Waals surface area (Å²) in [6, 6.07) is 0. The number of aliphatic hydroxyl groups is 5. The molecule has 0 bridgehead atoms. The van der Waals surface area contributed by atoms with E-state index in [2.05, 4.69) is 4.74 Å². The summed E-state index contributed by atoms with van der Waals surface area (Å²) < 4.78 is 4.49. The Morgan fingerprint density at radius 3 is 2.07 bits per heavy atom. The third-order valence-electron chi connectivity index (χ3n) is 1.76. The Hall–Kier alpha value is 0.239. The smallest absolute Gasteiger partial charge is 0.533 e. The van der Waals surface area contributed by atoms with Crippen LogP contribution in [0.5, 0.6) is 0 Å². The molecule has 8 heteroatoms. The van der Waals surface area contributed by atoms with Crippen molar-refractivity contribution in [3.8, 4) is 0 Å². The molecule has 0 saturated carbocycles. The fourth-order valence-electron chi connectivity index (χ4n) is 0.993. The van der Waals surface area contributed by atoms with E-state index in [1.807, 2.05) is 0 Å². The summed E-state index contributed by atoms with van der Waals surface area (Å²) in [7, 11) is 0. The van der Waals surface area contributed by atoms with Crippen LogP contribution in [0.25, 0.3) is 0 Å². The van der Waals surface area contributed by atoms with Crippen LogP contribution in [-0.2, 0) is 21.8 Å². The van der Waals surface area contributed by atoms with Gasteiger partial charge in [0.1, 0.15) is 6.10 Å². The van der Waals surface area contributed by atoms with Crippen molar-refractivity contribution >= 4 is 0 Å². The van der Waals surface area contributed by atoms with Crippen molar-refractivity contribution in [3.05, 3.63) is 6.29 Å². The van der Waals surface area contributed by atoms with Gasteiger partial charge >= 0.3 is 17.1 Å². The zero-order valence-corrected chi connectivity index (χ0v) is 7.90. The van der Waals surface area contributed by atoms with Gasteiger partial charge in [0.05, 0.1) is 18.8 Å². The number of hydrogen-bond acceptors (Lipinski definition) is 6. The van der Waals surface area contributed by atoms with Crippen LogP contribution in [0.4, 0.5) is 0 Å². The van der Waals surface area contributed by atoms with Gasteiger partial charge in [-0.05, 0) is 0 Å². The fraction of sp³-hybridized carbons (Fsp3) is 0.833. The largest absolute Gasteiger partial charge is 1.00 e. The Labute approximate surface area is 90.7 Å².